The van der Waals surface area contributed by atoms with Crippen LogP contribution in [0.2, 0.25) is 0 Å². The predicted octanol–water partition coefficient (Wildman–Crippen LogP) is -2.69. The van der Waals surface area contributed by atoms with Gasteiger partial charge in [-0.1, -0.05) is 36.9 Å². The maximum Gasteiger partial charge on any atom is 0.269 e. The van der Waals surface area contributed by atoms with Gasteiger partial charge in [0.2, 0.25) is 47.3 Å². The van der Waals surface area contributed by atoms with Crippen LogP contribution >= 0.6 is 0 Å². The molecule has 28 nitrogen and oxygen atoms in total. The van der Waals surface area contributed by atoms with Gasteiger partial charge in [-0.15, -0.1) is 0 Å². The molecule has 0 radical (unpaired) electrons. The van der Waals surface area contributed by atoms with Crippen molar-refractivity contribution in [3.05, 3.63) is 88.2 Å². The summed E-state index contributed by atoms with van der Waals surface area (Å²) in [6.45, 7) is 5.18. The maximum absolute atomic E-state index is 14.6. The number of carbonyl (C=O) groups excluding carboxylic acids is 8. The van der Waals surface area contributed by atoms with Gasteiger partial charge in [0.25, 0.3) is 5.69 Å². The molecular formula is C49H72N18O10. The maximum atomic E-state index is 14.6. The van der Waals surface area contributed by atoms with Crippen LogP contribution in [0.4, 0.5) is 5.69 Å². The van der Waals surface area contributed by atoms with Crippen LogP contribution in [0.5, 0.6) is 0 Å². The Kier molecular flexibility index (Phi) is 24.1. The molecule has 77 heavy (non-hydrogen) atoms. The van der Waals surface area contributed by atoms with Gasteiger partial charge in [-0.05, 0) is 75.1 Å². The lowest BCUT2D eigenvalue weighted by atomic mass is 10.0. The van der Waals surface area contributed by atoms with Crippen LogP contribution < -0.4 is 76.1 Å². The van der Waals surface area contributed by atoms with E-state index in [1.165, 1.54) is 31.2 Å². The van der Waals surface area contributed by atoms with Crippen molar-refractivity contribution in [3.8, 4) is 0 Å². The monoisotopic (exact) mass is 1070 g/mol. The molecule has 1 fully saturated rings. The summed E-state index contributed by atoms with van der Waals surface area (Å²) in [5, 5.41) is 54.0. The SMILES string of the molecule is C=C(N)[C@@H]1CCCNC(=O)CC[C@H](NC(=O)[C@H](CCCNC(=N)N)NC(C)=O)C(=O)N[C@@H](CCN)C(=O)N[C@H](Cc2ccc([N+](=O)[O-])cc2)C(=O)N[C@@H](CCCNC(=N)N)C(=O)N[C@@H](Cc2c[nH]c3ccccc23)C(=O)N1. The van der Waals surface area contributed by atoms with Crippen LogP contribution in [0, 0.1) is 20.9 Å². The molecule has 0 aliphatic carbocycles. The number of nitro benzene ring substituents is 1. The standard InChI is InChI=1S/C49H72N18O10/c1-27(51)33-10-5-21-56-41(69)18-17-37(63-42(70)35(60-28(2)68)11-6-22-57-48(52)53)44(72)64-38(19-20-50)45(73)65-39(24-29-13-15-31(16-14-29)67(76)77)46(74)62-36(12-7-23-58-49(54)55)43(71)66-40(47(75)61-33)25-30-26-59-34-9-4-3-8-32(30)34/h3-4,8-9,13-16,26,33,35-40,59H,1,5-7,10-12,17-25,50-51H2,2H3,(H,56,69)(H,60,68)(H,61,75)(H,62,74)(H,63,70)(H,64,72)(H,65,73)(H,66,71)(H4,52,53,57)(H4,54,55,58)/t33-,35-,36-,37-,38-,39+,40-/m0/s1. The van der Waals surface area contributed by atoms with Crippen molar-refractivity contribution in [2.45, 2.75) is 120 Å². The zero-order valence-electron chi connectivity index (χ0n) is 42.9. The first-order valence-corrected chi connectivity index (χ1v) is 25.1. The van der Waals surface area contributed by atoms with Crippen LogP contribution in [0.1, 0.15) is 75.8 Å². The second-order valence-electron chi connectivity index (χ2n) is 18.5. The highest BCUT2D eigenvalue weighted by Gasteiger charge is 2.34. The van der Waals surface area contributed by atoms with Gasteiger partial charge in [-0.3, -0.25) is 59.3 Å². The summed E-state index contributed by atoms with van der Waals surface area (Å²) in [7, 11) is 0. The number of hydrogen-bond acceptors (Lipinski definition) is 14. The fourth-order valence-corrected chi connectivity index (χ4v) is 8.36. The fourth-order valence-electron chi connectivity index (χ4n) is 8.36. The van der Waals surface area contributed by atoms with E-state index in [0.29, 0.717) is 11.1 Å². The Labute approximate surface area is 444 Å². The molecule has 21 N–H and O–H groups in total. The number of amides is 8. The molecule has 1 aromatic heterocycles. The van der Waals surface area contributed by atoms with E-state index in [1.807, 2.05) is 24.3 Å². The molecule has 1 aliphatic heterocycles. The number of carbonyl (C=O) groups is 8. The van der Waals surface area contributed by atoms with Gasteiger partial charge in [0.15, 0.2) is 11.9 Å². The Balaban J connectivity index is 1.78. The zero-order valence-corrected chi connectivity index (χ0v) is 42.9. The number of nitrogens with two attached hydrogens (primary N) is 4. The Morgan fingerprint density at radius 2 is 1.36 bits per heavy atom. The van der Waals surface area contributed by atoms with Gasteiger partial charge in [-0.2, -0.15) is 0 Å². The van der Waals surface area contributed by atoms with Crippen LogP contribution in [0.3, 0.4) is 0 Å². The lowest BCUT2D eigenvalue weighted by molar-refractivity contribution is -0.384. The fraction of sp³-hybridized carbons (Fsp3) is 0.469. The molecule has 1 saturated heterocycles. The number of rotatable bonds is 19. The summed E-state index contributed by atoms with van der Waals surface area (Å²) in [5.41, 5.74) is 24.6. The number of aromatic nitrogens is 1. The number of benzene rings is 2. The van der Waals surface area contributed by atoms with Gasteiger partial charge >= 0.3 is 0 Å². The van der Waals surface area contributed by atoms with E-state index in [-0.39, 0.29) is 120 Å². The summed E-state index contributed by atoms with van der Waals surface area (Å²) in [6.07, 6.45) is 1.25. The van der Waals surface area contributed by atoms with E-state index in [4.69, 9.17) is 33.8 Å². The lowest BCUT2D eigenvalue weighted by Crippen LogP contribution is -2.60. The molecule has 0 spiro atoms. The first kappa shape index (κ1) is 60.7. The Morgan fingerprint density at radius 3 is 1.99 bits per heavy atom. The number of nitrogens with zero attached hydrogens (tertiary/aromatic N) is 1. The highest BCUT2D eigenvalue weighted by molar-refractivity contribution is 5.97. The van der Waals surface area contributed by atoms with Gasteiger partial charge in [0.1, 0.15) is 36.3 Å². The van der Waals surface area contributed by atoms with Crippen LogP contribution in [-0.2, 0) is 51.2 Å². The minimum absolute atomic E-state index is 0.0379. The largest absolute Gasteiger partial charge is 0.401 e. The van der Waals surface area contributed by atoms with Gasteiger partial charge < -0.3 is 81.1 Å². The topological polar surface area (TPSA) is 468 Å². The summed E-state index contributed by atoms with van der Waals surface area (Å²) < 4.78 is 0. The summed E-state index contributed by atoms with van der Waals surface area (Å²) in [6, 6.07) is 3.16. The number of aromatic amines is 1. The van der Waals surface area contributed by atoms with E-state index in [0.717, 1.165) is 10.9 Å². The number of H-pyrrole nitrogens is 1. The van der Waals surface area contributed by atoms with Crippen molar-refractivity contribution in [3.63, 3.8) is 0 Å². The van der Waals surface area contributed by atoms with Gasteiger partial charge in [0, 0.05) is 80.8 Å². The number of nitro groups is 1. The third-order valence-electron chi connectivity index (χ3n) is 12.4. The second kappa shape index (κ2) is 30.5. The van der Waals surface area contributed by atoms with Gasteiger partial charge in [-0.25, -0.2) is 0 Å². The molecular weight excluding hydrogens is 1000 g/mol. The van der Waals surface area contributed by atoms with E-state index >= 15 is 0 Å². The summed E-state index contributed by atoms with van der Waals surface area (Å²) >= 11 is 0. The normalized spacial score (nSPS) is 20.8. The Hall–Kier alpha value is -8.82. The third kappa shape index (κ3) is 20.4. The van der Waals surface area contributed by atoms with Crippen molar-refractivity contribution < 1.29 is 43.3 Å². The van der Waals surface area contributed by atoms with E-state index in [1.54, 1.807) is 6.20 Å². The van der Waals surface area contributed by atoms with Crippen molar-refractivity contribution >= 4 is 75.8 Å². The molecule has 28 heteroatoms. The molecule has 2 aromatic carbocycles. The first-order chi connectivity index (χ1) is 36.6. The molecule has 418 valence electrons. The van der Waals surface area contributed by atoms with Crippen molar-refractivity contribution in [2.24, 2.45) is 22.9 Å². The third-order valence-corrected chi connectivity index (χ3v) is 12.4. The van der Waals surface area contributed by atoms with Crippen LogP contribution in [-0.4, -0.2) is 138 Å². The van der Waals surface area contributed by atoms with E-state index in [9.17, 15) is 48.5 Å². The van der Waals surface area contributed by atoms with E-state index < -0.39 is 94.5 Å². The molecule has 0 unspecified atom stereocenters. The predicted molar refractivity (Wildman–Crippen MR) is 285 cm³/mol. The molecule has 3 aromatic rings. The molecule has 2 heterocycles. The zero-order chi connectivity index (χ0) is 56.6. The summed E-state index contributed by atoms with van der Waals surface area (Å²) in [4.78, 5) is 126. The number of non-ortho nitro benzene ring substituents is 1. The van der Waals surface area contributed by atoms with E-state index in [2.05, 4.69) is 64.7 Å². The average molecular weight is 1070 g/mol. The average Bonchev–Trinajstić information content (AvgIpc) is 3.79. The minimum Gasteiger partial charge on any atom is -0.401 e. The number of nitrogens with one attached hydrogen (secondary N) is 13. The van der Waals surface area contributed by atoms with Gasteiger partial charge in [0.05, 0.1) is 11.0 Å². The minimum atomic E-state index is -1.55. The number of guanidine groups is 2. The van der Waals surface area contributed by atoms with Crippen molar-refractivity contribution in [2.75, 3.05) is 26.2 Å². The molecule has 7 atom stereocenters. The quantitative estimate of drug-likeness (QED) is 0.0191. The highest BCUT2D eigenvalue weighted by atomic mass is 16.6. The lowest BCUT2D eigenvalue weighted by Gasteiger charge is -2.28. The smallest absolute Gasteiger partial charge is 0.269 e. The molecule has 1 aliphatic rings. The van der Waals surface area contributed by atoms with Crippen molar-refractivity contribution in [1.29, 1.82) is 10.8 Å². The Morgan fingerprint density at radius 1 is 0.779 bits per heavy atom. The molecule has 4 rings (SSSR count). The Bertz CT molecular complexity index is 2610. The molecule has 8 amide bonds. The summed E-state index contributed by atoms with van der Waals surface area (Å²) in [5.74, 6) is -6.88. The highest BCUT2D eigenvalue weighted by Crippen LogP contribution is 2.20. The van der Waals surface area contributed by atoms with Crippen molar-refractivity contribution in [1.82, 2.24) is 58.2 Å². The number of hydrogen-bond donors (Lipinski definition) is 17. The van der Waals surface area contributed by atoms with Crippen LogP contribution in [0.25, 0.3) is 10.9 Å². The molecule has 0 bridgehead atoms. The second-order valence-corrected chi connectivity index (χ2v) is 18.5. The number of para-hydroxylation sites is 1. The molecule has 0 saturated carbocycles. The number of fused-ring (bicyclic) bond motifs is 1. The van der Waals surface area contributed by atoms with Crippen LogP contribution in [0.15, 0.2) is 67.0 Å². The first-order valence-electron chi connectivity index (χ1n) is 25.1.